The Hall–Kier alpha value is -1.88. The first kappa shape index (κ1) is 12.6. The number of aromatic nitrogens is 3. The smallest absolute Gasteiger partial charge is 0.240 e. The lowest BCUT2D eigenvalue weighted by atomic mass is 10.2. The molecule has 2 rings (SSSR count). The van der Waals surface area contributed by atoms with Crippen LogP contribution in [0.4, 0.5) is 0 Å². The van der Waals surface area contributed by atoms with Crippen LogP contribution in [0.3, 0.4) is 0 Å². The predicted molar refractivity (Wildman–Crippen MR) is 69.6 cm³/mol. The highest BCUT2D eigenvalue weighted by Crippen LogP contribution is 2.18. The van der Waals surface area contributed by atoms with Crippen molar-refractivity contribution in [3.63, 3.8) is 0 Å². The molecule has 2 N–H and O–H groups in total. The Kier molecular flexibility index (Phi) is 4.30. The van der Waals surface area contributed by atoms with E-state index in [0.29, 0.717) is 11.8 Å². The van der Waals surface area contributed by atoms with Crippen molar-refractivity contribution in [2.75, 3.05) is 6.54 Å². The largest absolute Gasteiger partial charge is 0.419 e. The molecule has 0 bridgehead atoms. The predicted octanol–water partition coefficient (Wildman–Crippen LogP) is 2.41. The molecule has 0 unspecified atom stereocenters. The minimum atomic E-state index is 0.540. The van der Waals surface area contributed by atoms with Crippen LogP contribution in [0.25, 0.3) is 0 Å². The quantitative estimate of drug-likeness (QED) is 0.768. The third-order valence-corrected chi connectivity index (χ3v) is 2.45. The van der Waals surface area contributed by atoms with Crippen LogP contribution in [-0.4, -0.2) is 21.7 Å². The highest BCUT2D eigenvalue weighted by molar-refractivity contribution is 5.25. The number of pyridine rings is 1. The van der Waals surface area contributed by atoms with Gasteiger partial charge in [0.15, 0.2) is 0 Å². The molecule has 2 aromatic rings. The number of nitrogens with zero attached hydrogens (tertiary/aromatic N) is 2. The maximum Gasteiger partial charge on any atom is 0.240 e. The Morgan fingerprint density at radius 1 is 1.33 bits per heavy atom. The molecule has 0 aliphatic heterocycles. The van der Waals surface area contributed by atoms with Crippen LogP contribution in [0, 0.1) is 6.92 Å². The number of nitrogens with one attached hydrogen (secondary N) is 2. The fourth-order valence-corrected chi connectivity index (χ4v) is 1.58. The van der Waals surface area contributed by atoms with Gasteiger partial charge < -0.3 is 10.1 Å². The monoisotopic (exact) mass is 246 g/mol. The van der Waals surface area contributed by atoms with Gasteiger partial charge in [0.1, 0.15) is 0 Å². The van der Waals surface area contributed by atoms with E-state index in [-0.39, 0.29) is 0 Å². The molecule has 5 heteroatoms. The number of H-pyrrole nitrogens is 1. The SMILES string of the molecule is CCCNCc1ccnc(Oc2cc(C)[nH]n2)c1. The van der Waals surface area contributed by atoms with E-state index < -0.39 is 0 Å². The molecule has 0 aliphatic rings. The van der Waals surface area contributed by atoms with Gasteiger partial charge in [0, 0.05) is 30.6 Å². The van der Waals surface area contributed by atoms with E-state index in [1.807, 2.05) is 25.1 Å². The minimum absolute atomic E-state index is 0.540. The molecule has 0 saturated carbocycles. The standard InChI is InChI=1S/C13H18N4O/c1-3-5-14-9-11-4-6-15-12(8-11)18-13-7-10(2)16-17-13/h4,6-8,14H,3,5,9H2,1-2H3,(H,16,17). The van der Waals surface area contributed by atoms with E-state index in [4.69, 9.17) is 4.74 Å². The highest BCUT2D eigenvalue weighted by atomic mass is 16.5. The van der Waals surface area contributed by atoms with Crippen LogP contribution in [0.15, 0.2) is 24.4 Å². The maximum atomic E-state index is 5.56. The van der Waals surface area contributed by atoms with E-state index in [1.54, 1.807) is 6.20 Å². The van der Waals surface area contributed by atoms with Gasteiger partial charge >= 0.3 is 0 Å². The molecular formula is C13H18N4O. The number of rotatable bonds is 6. The fraction of sp³-hybridized carbons (Fsp3) is 0.385. The zero-order valence-electron chi connectivity index (χ0n) is 10.7. The summed E-state index contributed by atoms with van der Waals surface area (Å²) in [4.78, 5) is 4.17. The van der Waals surface area contributed by atoms with Crippen molar-refractivity contribution in [1.29, 1.82) is 0 Å². The fourth-order valence-electron chi connectivity index (χ4n) is 1.58. The molecule has 0 radical (unpaired) electrons. The summed E-state index contributed by atoms with van der Waals surface area (Å²) in [7, 11) is 0. The molecular weight excluding hydrogens is 228 g/mol. The summed E-state index contributed by atoms with van der Waals surface area (Å²) in [5.41, 5.74) is 2.12. The van der Waals surface area contributed by atoms with Gasteiger partial charge in [-0.15, -0.1) is 5.10 Å². The Morgan fingerprint density at radius 3 is 2.94 bits per heavy atom. The van der Waals surface area contributed by atoms with Crippen LogP contribution in [0.1, 0.15) is 24.6 Å². The van der Waals surface area contributed by atoms with Gasteiger partial charge in [0.25, 0.3) is 0 Å². The van der Waals surface area contributed by atoms with Crippen LogP contribution >= 0.6 is 0 Å². The van der Waals surface area contributed by atoms with E-state index >= 15 is 0 Å². The van der Waals surface area contributed by atoms with E-state index in [0.717, 1.165) is 30.8 Å². The number of hydrogen-bond acceptors (Lipinski definition) is 4. The molecule has 0 atom stereocenters. The topological polar surface area (TPSA) is 62.8 Å². The van der Waals surface area contributed by atoms with Crippen LogP contribution in [0.5, 0.6) is 11.8 Å². The van der Waals surface area contributed by atoms with Gasteiger partial charge in [-0.25, -0.2) is 4.98 Å². The second-order valence-corrected chi connectivity index (χ2v) is 4.17. The van der Waals surface area contributed by atoms with E-state index in [9.17, 15) is 0 Å². The summed E-state index contributed by atoms with van der Waals surface area (Å²) in [6.45, 7) is 5.91. The van der Waals surface area contributed by atoms with Crippen LogP contribution < -0.4 is 10.1 Å². The van der Waals surface area contributed by atoms with Gasteiger partial charge in [-0.3, -0.25) is 5.10 Å². The lowest BCUT2D eigenvalue weighted by Gasteiger charge is -2.05. The summed E-state index contributed by atoms with van der Waals surface area (Å²) in [6.07, 6.45) is 2.87. The third kappa shape index (κ3) is 3.56. The van der Waals surface area contributed by atoms with E-state index in [1.165, 1.54) is 0 Å². The number of ether oxygens (including phenoxy) is 1. The van der Waals surface area contributed by atoms with Gasteiger partial charge in [-0.2, -0.15) is 0 Å². The second-order valence-electron chi connectivity index (χ2n) is 4.17. The molecule has 0 fully saturated rings. The molecule has 0 aliphatic carbocycles. The molecule has 96 valence electrons. The van der Waals surface area contributed by atoms with Crippen LogP contribution in [0.2, 0.25) is 0 Å². The van der Waals surface area contributed by atoms with Crippen molar-refractivity contribution in [3.05, 3.63) is 35.7 Å². The van der Waals surface area contributed by atoms with Gasteiger partial charge in [0.05, 0.1) is 0 Å². The van der Waals surface area contributed by atoms with Gasteiger partial charge in [-0.05, 0) is 31.5 Å². The van der Waals surface area contributed by atoms with Gasteiger partial charge in [0.2, 0.25) is 11.8 Å². The van der Waals surface area contributed by atoms with Crippen molar-refractivity contribution in [2.24, 2.45) is 0 Å². The molecule has 18 heavy (non-hydrogen) atoms. The minimum Gasteiger partial charge on any atom is -0.419 e. The first-order valence-corrected chi connectivity index (χ1v) is 6.13. The molecule has 5 nitrogen and oxygen atoms in total. The Labute approximate surface area is 107 Å². The number of aromatic amines is 1. The lowest BCUT2D eigenvalue weighted by Crippen LogP contribution is -2.13. The number of aryl methyl sites for hydroxylation is 1. The first-order chi connectivity index (χ1) is 8.78. The second kappa shape index (κ2) is 6.16. The molecule has 2 heterocycles. The Balaban J connectivity index is 1.98. The first-order valence-electron chi connectivity index (χ1n) is 6.13. The van der Waals surface area contributed by atoms with Crippen molar-refractivity contribution >= 4 is 0 Å². The van der Waals surface area contributed by atoms with Crippen molar-refractivity contribution in [2.45, 2.75) is 26.8 Å². The summed E-state index contributed by atoms with van der Waals surface area (Å²) < 4.78 is 5.56. The van der Waals surface area contributed by atoms with Crippen molar-refractivity contribution < 1.29 is 4.74 Å². The lowest BCUT2D eigenvalue weighted by molar-refractivity contribution is 0.442. The zero-order valence-corrected chi connectivity index (χ0v) is 10.7. The summed E-state index contributed by atoms with van der Waals surface area (Å²) in [6, 6.07) is 5.74. The van der Waals surface area contributed by atoms with Crippen molar-refractivity contribution in [3.8, 4) is 11.8 Å². The van der Waals surface area contributed by atoms with Crippen LogP contribution in [-0.2, 0) is 6.54 Å². The molecule has 2 aromatic heterocycles. The zero-order chi connectivity index (χ0) is 12.8. The maximum absolute atomic E-state index is 5.56. The highest BCUT2D eigenvalue weighted by Gasteiger charge is 2.03. The average Bonchev–Trinajstić information content (AvgIpc) is 2.76. The average molecular weight is 246 g/mol. The third-order valence-electron chi connectivity index (χ3n) is 2.45. The Bertz CT molecular complexity index is 495. The van der Waals surface area contributed by atoms with E-state index in [2.05, 4.69) is 27.4 Å². The van der Waals surface area contributed by atoms with Gasteiger partial charge in [-0.1, -0.05) is 6.92 Å². The molecule has 0 aromatic carbocycles. The summed E-state index contributed by atoms with van der Waals surface area (Å²) in [5, 5.41) is 10.2. The molecule has 0 spiro atoms. The summed E-state index contributed by atoms with van der Waals surface area (Å²) in [5.74, 6) is 1.11. The molecule has 0 saturated heterocycles. The number of hydrogen-bond donors (Lipinski definition) is 2. The van der Waals surface area contributed by atoms with Crippen molar-refractivity contribution in [1.82, 2.24) is 20.5 Å². The summed E-state index contributed by atoms with van der Waals surface area (Å²) >= 11 is 0. The Morgan fingerprint density at radius 2 is 2.22 bits per heavy atom. The normalized spacial score (nSPS) is 10.6. The molecule has 0 amide bonds.